The molecule has 0 saturated heterocycles. The average Bonchev–Trinajstić information content (AvgIpc) is 3.30. The fourth-order valence-corrected chi connectivity index (χ4v) is 5.14. The number of fused-ring (bicyclic) bond motifs is 4. The van der Waals surface area contributed by atoms with E-state index in [0.717, 1.165) is 28.5 Å². The van der Waals surface area contributed by atoms with Crippen LogP contribution in [0.1, 0.15) is 5.56 Å². The van der Waals surface area contributed by atoms with Gasteiger partial charge < -0.3 is 19.8 Å². The van der Waals surface area contributed by atoms with Gasteiger partial charge >= 0.3 is 6.18 Å². The number of thioether (sulfide) groups is 1. The molecule has 2 N–H and O–H groups in total. The maximum Gasteiger partial charge on any atom is 0.416 e. The van der Waals surface area contributed by atoms with Gasteiger partial charge in [-0.15, -0.1) is 0 Å². The van der Waals surface area contributed by atoms with Crippen molar-refractivity contribution in [3.63, 3.8) is 0 Å². The Kier molecular flexibility index (Phi) is 6.18. The fourth-order valence-electron chi connectivity index (χ4n) is 4.34. The van der Waals surface area contributed by atoms with E-state index in [9.17, 15) is 22.8 Å². The van der Waals surface area contributed by atoms with Crippen LogP contribution in [0.25, 0.3) is 27.6 Å². The van der Waals surface area contributed by atoms with Gasteiger partial charge in [0.2, 0.25) is 5.91 Å². The molecule has 0 saturated carbocycles. The molecule has 6 rings (SSSR count). The van der Waals surface area contributed by atoms with Gasteiger partial charge in [-0.05, 0) is 36.4 Å². The van der Waals surface area contributed by atoms with Gasteiger partial charge in [0.1, 0.15) is 24.2 Å². The van der Waals surface area contributed by atoms with Gasteiger partial charge in [-0.2, -0.15) is 13.2 Å². The summed E-state index contributed by atoms with van der Waals surface area (Å²) in [5.41, 5.74) is 0.164. The van der Waals surface area contributed by atoms with Crippen molar-refractivity contribution in [3.8, 4) is 17.2 Å². The SMILES string of the molecule is O=C(CSc1nc2c([nH]c3ccccc32)c(=O)n1-c1cccc(C(F)(F)F)c1)Nc1ccc2c(c1)OCCO2. The predicted molar refractivity (Wildman–Crippen MR) is 141 cm³/mol. The molecule has 1 aliphatic rings. The van der Waals surface area contributed by atoms with Crippen LogP contribution in [0.2, 0.25) is 0 Å². The molecule has 0 radical (unpaired) electrons. The summed E-state index contributed by atoms with van der Waals surface area (Å²) in [6.07, 6.45) is -4.60. The lowest BCUT2D eigenvalue weighted by atomic mass is 10.2. The number of carbonyl (C=O) groups excluding carboxylic acids is 1. The van der Waals surface area contributed by atoms with Crippen molar-refractivity contribution in [2.75, 3.05) is 24.3 Å². The number of ether oxygens (including phenoxy) is 2. The highest BCUT2D eigenvalue weighted by Gasteiger charge is 2.31. The smallest absolute Gasteiger partial charge is 0.416 e. The number of anilines is 1. The summed E-state index contributed by atoms with van der Waals surface area (Å²) in [4.78, 5) is 34.1. The molecule has 2 aromatic heterocycles. The second-order valence-corrected chi connectivity index (χ2v) is 9.62. The minimum Gasteiger partial charge on any atom is -0.486 e. The molecule has 0 atom stereocenters. The van der Waals surface area contributed by atoms with Crippen molar-refractivity contribution in [2.24, 2.45) is 0 Å². The van der Waals surface area contributed by atoms with Crippen LogP contribution in [0, 0.1) is 0 Å². The molecule has 198 valence electrons. The number of nitrogens with one attached hydrogen (secondary N) is 2. The third-order valence-electron chi connectivity index (χ3n) is 6.08. The molecule has 3 heterocycles. The van der Waals surface area contributed by atoms with Gasteiger partial charge in [-0.3, -0.25) is 14.2 Å². The minimum atomic E-state index is -4.60. The van der Waals surface area contributed by atoms with E-state index < -0.39 is 23.2 Å². The maximum absolute atomic E-state index is 13.6. The molecule has 1 amide bonds. The first-order chi connectivity index (χ1) is 18.8. The second-order valence-electron chi connectivity index (χ2n) is 8.67. The van der Waals surface area contributed by atoms with Gasteiger partial charge in [0.05, 0.1) is 17.0 Å². The summed E-state index contributed by atoms with van der Waals surface area (Å²) in [5.74, 6) is 0.528. The first-order valence-electron chi connectivity index (χ1n) is 11.8. The van der Waals surface area contributed by atoms with Gasteiger partial charge in [-0.25, -0.2) is 4.98 Å². The van der Waals surface area contributed by atoms with Gasteiger partial charge in [0.25, 0.3) is 5.56 Å². The highest BCUT2D eigenvalue weighted by molar-refractivity contribution is 7.99. The fraction of sp³-hybridized carbons (Fsp3) is 0.148. The molecule has 3 aromatic carbocycles. The second kappa shape index (κ2) is 9.70. The van der Waals surface area contributed by atoms with E-state index in [-0.39, 0.29) is 22.1 Å². The van der Waals surface area contributed by atoms with E-state index >= 15 is 0 Å². The molecule has 0 spiro atoms. The molecule has 1 aliphatic heterocycles. The Bertz CT molecular complexity index is 1800. The topological polar surface area (TPSA) is 98.2 Å². The first-order valence-corrected chi connectivity index (χ1v) is 12.8. The van der Waals surface area contributed by atoms with E-state index in [4.69, 9.17) is 9.47 Å². The predicted octanol–water partition coefficient (Wildman–Crippen LogP) is 5.39. The van der Waals surface area contributed by atoms with Crippen LogP contribution in [0.15, 0.2) is 76.7 Å². The lowest BCUT2D eigenvalue weighted by Crippen LogP contribution is -2.23. The van der Waals surface area contributed by atoms with Crippen LogP contribution in [0.4, 0.5) is 18.9 Å². The summed E-state index contributed by atoms with van der Waals surface area (Å²) >= 11 is 0.941. The zero-order chi connectivity index (χ0) is 27.1. The molecule has 0 unspecified atom stereocenters. The van der Waals surface area contributed by atoms with Crippen molar-refractivity contribution in [3.05, 3.63) is 82.6 Å². The van der Waals surface area contributed by atoms with E-state index in [1.807, 2.05) is 0 Å². The summed E-state index contributed by atoms with van der Waals surface area (Å²) in [5, 5.41) is 3.52. The number of H-pyrrole nitrogens is 1. The number of aromatic amines is 1. The zero-order valence-electron chi connectivity index (χ0n) is 20.0. The molecule has 8 nitrogen and oxygen atoms in total. The van der Waals surface area contributed by atoms with E-state index in [2.05, 4.69) is 15.3 Å². The van der Waals surface area contributed by atoms with Gasteiger partial charge in [0.15, 0.2) is 16.7 Å². The van der Waals surface area contributed by atoms with Gasteiger partial charge in [-0.1, -0.05) is 36.0 Å². The number of rotatable bonds is 5. The van der Waals surface area contributed by atoms with E-state index in [1.54, 1.807) is 42.5 Å². The number of hydrogen-bond acceptors (Lipinski definition) is 6. The van der Waals surface area contributed by atoms with Crippen molar-refractivity contribution in [2.45, 2.75) is 11.3 Å². The number of para-hydroxylation sites is 1. The molecule has 0 fully saturated rings. The molecule has 0 bridgehead atoms. The number of carbonyl (C=O) groups is 1. The van der Waals surface area contributed by atoms with Crippen molar-refractivity contribution in [1.29, 1.82) is 0 Å². The number of aromatic nitrogens is 3. The molecule has 5 aromatic rings. The van der Waals surface area contributed by atoms with Crippen LogP contribution in [-0.2, 0) is 11.0 Å². The highest BCUT2D eigenvalue weighted by atomic mass is 32.2. The Morgan fingerprint density at radius 3 is 2.64 bits per heavy atom. The minimum absolute atomic E-state index is 0.0161. The summed E-state index contributed by atoms with van der Waals surface area (Å²) < 4.78 is 52.5. The Balaban J connectivity index is 1.37. The molecule has 39 heavy (non-hydrogen) atoms. The standard InChI is InChI=1S/C27H19F3N4O4S/c28-27(29,30)15-4-3-5-17(12-15)34-25(36)24-23(18-6-1-2-7-19(18)32-24)33-26(34)39-14-22(35)31-16-8-9-20-21(13-16)38-11-10-37-20/h1-9,12-13,32H,10-11,14H2,(H,31,35). The first kappa shape index (κ1) is 24.9. The number of alkyl halides is 3. The number of benzene rings is 3. The lowest BCUT2D eigenvalue weighted by Gasteiger charge is -2.19. The van der Waals surface area contributed by atoms with Crippen LogP contribution in [0.5, 0.6) is 11.5 Å². The summed E-state index contributed by atoms with van der Waals surface area (Å²) in [6.45, 7) is 0.839. The van der Waals surface area contributed by atoms with E-state index in [1.165, 1.54) is 12.1 Å². The Morgan fingerprint density at radius 2 is 1.82 bits per heavy atom. The molecule has 12 heteroatoms. The average molecular weight is 553 g/mol. The monoisotopic (exact) mass is 552 g/mol. The highest BCUT2D eigenvalue weighted by Crippen LogP contribution is 2.34. The normalized spacial score (nSPS) is 13.1. The number of amides is 1. The molecular formula is C27H19F3N4O4S. The van der Waals surface area contributed by atoms with Gasteiger partial charge in [0, 0.05) is 22.7 Å². The largest absolute Gasteiger partial charge is 0.486 e. The Labute approximate surface area is 222 Å². The van der Waals surface area contributed by atoms with Crippen molar-refractivity contribution in [1.82, 2.24) is 14.5 Å². The lowest BCUT2D eigenvalue weighted by molar-refractivity contribution is -0.137. The summed E-state index contributed by atoms with van der Waals surface area (Å²) in [7, 11) is 0. The van der Waals surface area contributed by atoms with E-state index in [0.29, 0.717) is 46.8 Å². The molecule has 0 aliphatic carbocycles. The van der Waals surface area contributed by atoms with Crippen LogP contribution in [-0.4, -0.2) is 39.4 Å². The zero-order valence-corrected chi connectivity index (χ0v) is 20.9. The molecular weight excluding hydrogens is 533 g/mol. The van der Waals surface area contributed by atoms with Crippen molar-refractivity contribution >= 4 is 45.3 Å². The van der Waals surface area contributed by atoms with Crippen LogP contribution < -0.4 is 20.3 Å². The van der Waals surface area contributed by atoms with Crippen molar-refractivity contribution < 1.29 is 27.4 Å². The number of nitrogens with zero attached hydrogens (tertiary/aromatic N) is 2. The third kappa shape index (κ3) is 4.78. The quantitative estimate of drug-likeness (QED) is 0.224. The summed E-state index contributed by atoms with van der Waals surface area (Å²) in [6, 6.07) is 16.6. The van der Waals surface area contributed by atoms with Crippen LogP contribution in [0.3, 0.4) is 0 Å². The number of halogens is 3. The Hall–Kier alpha value is -4.45. The Morgan fingerprint density at radius 1 is 1.03 bits per heavy atom. The number of hydrogen-bond donors (Lipinski definition) is 2. The van der Waals surface area contributed by atoms with Crippen LogP contribution >= 0.6 is 11.8 Å². The third-order valence-corrected chi connectivity index (χ3v) is 7.02. The maximum atomic E-state index is 13.6.